The number of carbonyl (C=O) groups is 1. The molecule has 2 aromatic rings. The average molecular weight is 469 g/mol. The Labute approximate surface area is 196 Å². The molecule has 0 radical (unpaired) electrons. The molecule has 1 saturated heterocycles. The van der Waals surface area contributed by atoms with Crippen molar-refractivity contribution in [3.8, 4) is 5.75 Å². The van der Waals surface area contributed by atoms with E-state index in [0.29, 0.717) is 43.6 Å². The molecule has 0 N–H and O–H groups in total. The predicted octanol–water partition coefficient (Wildman–Crippen LogP) is 4.29. The summed E-state index contributed by atoms with van der Waals surface area (Å²) in [5, 5.41) is 0. The van der Waals surface area contributed by atoms with Gasteiger partial charge in [0.2, 0.25) is 10.0 Å². The molecule has 2 aliphatic rings. The summed E-state index contributed by atoms with van der Waals surface area (Å²) in [7, 11) is -2.32. The van der Waals surface area contributed by atoms with Crippen LogP contribution in [0, 0.1) is 11.8 Å². The van der Waals surface area contributed by atoms with E-state index in [1.165, 1.54) is 28.6 Å². The predicted molar refractivity (Wildman–Crippen MR) is 130 cm³/mol. The first-order valence-electron chi connectivity index (χ1n) is 11.5. The summed E-state index contributed by atoms with van der Waals surface area (Å²) in [4.78, 5) is 15.1. The summed E-state index contributed by atoms with van der Waals surface area (Å²) in [6.45, 7) is 6.19. The third-order valence-electron chi connectivity index (χ3n) is 6.50. The van der Waals surface area contributed by atoms with Crippen LogP contribution in [0.15, 0.2) is 59.5 Å². The lowest BCUT2D eigenvalue weighted by Crippen LogP contribution is -2.42. The number of piperidine rings is 1. The molecule has 2 heterocycles. The van der Waals surface area contributed by atoms with Crippen molar-refractivity contribution >= 4 is 21.5 Å². The molecular weight excluding hydrogens is 436 g/mol. The van der Waals surface area contributed by atoms with Gasteiger partial charge in [-0.15, -0.1) is 0 Å². The van der Waals surface area contributed by atoms with Gasteiger partial charge in [0.15, 0.2) is 0 Å². The summed E-state index contributed by atoms with van der Waals surface area (Å²) in [5.41, 5.74) is 2.77. The van der Waals surface area contributed by atoms with Gasteiger partial charge in [-0.1, -0.05) is 50.3 Å². The van der Waals surface area contributed by atoms with Crippen LogP contribution in [0.3, 0.4) is 0 Å². The molecule has 1 amide bonds. The van der Waals surface area contributed by atoms with Gasteiger partial charge >= 0.3 is 0 Å². The smallest absolute Gasteiger partial charge is 0.254 e. The number of ether oxygens (including phenoxy) is 1. The van der Waals surface area contributed by atoms with Crippen molar-refractivity contribution in [2.24, 2.45) is 11.8 Å². The second-order valence-corrected chi connectivity index (χ2v) is 11.1. The van der Waals surface area contributed by atoms with Gasteiger partial charge in [0, 0.05) is 31.7 Å². The number of hydrogen-bond acceptors (Lipinski definition) is 4. The van der Waals surface area contributed by atoms with E-state index >= 15 is 0 Å². The van der Waals surface area contributed by atoms with Gasteiger partial charge in [-0.2, -0.15) is 4.31 Å². The number of nitrogens with zero attached hydrogens (tertiary/aromatic N) is 2. The molecule has 2 aromatic carbocycles. The SMILES string of the molecule is COc1ccc(C(=O)N2CC=C(c3ccccc3)CC2)cc1S(=O)(=O)N1C[C@H](C)C[C@@H](C)C1. The number of benzene rings is 2. The minimum Gasteiger partial charge on any atom is -0.495 e. The van der Waals surface area contributed by atoms with Gasteiger partial charge in [0.05, 0.1) is 7.11 Å². The van der Waals surface area contributed by atoms with Crippen molar-refractivity contribution < 1.29 is 17.9 Å². The van der Waals surface area contributed by atoms with Gasteiger partial charge in [0.25, 0.3) is 5.91 Å². The van der Waals surface area contributed by atoms with E-state index in [4.69, 9.17) is 4.74 Å². The van der Waals surface area contributed by atoms with Crippen LogP contribution in [0.25, 0.3) is 5.57 Å². The maximum absolute atomic E-state index is 13.5. The van der Waals surface area contributed by atoms with Crippen LogP contribution in [-0.2, 0) is 10.0 Å². The number of methoxy groups -OCH3 is 1. The van der Waals surface area contributed by atoms with Crippen LogP contribution in [-0.4, -0.2) is 56.8 Å². The topological polar surface area (TPSA) is 66.9 Å². The van der Waals surface area contributed by atoms with Crippen molar-refractivity contribution in [3.05, 3.63) is 65.7 Å². The highest BCUT2D eigenvalue weighted by molar-refractivity contribution is 7.89. The molecule has 0 bridgehead atoms. The third-order valence-corrected chi connectivity index (χ3v) is 8.36. The Kier molecular flexibility index (Phi) is 6.91. The van der Waals surface area contributed by atoms with Crippen LogP contribution in [0.5, 0.6) is 5.75 Å². The van der Waals surface area contributed by atoms with Crippen molar-refractivity contribution in [2.75, 3.05) is 33.3 Å². The lowest BCUT2D eigenvalue weighted by atomic mass is 9.94. The van der Waals surface area contributed by atoms with E-state index < -0.39 is 10.0 Å². The van der Waals surface area contributed by atoms with E-state index in [0.717, 1.165) is 12.8 Å². The summed E-state index contributed by atoms with van der Waals surface area (Å²) in [5.74, 6) is 0.678. The Hall–Kier alpha value is -2.64. The standard InChI is InChI=1S/C26H32N2O4S/c1-19-15-20(2)18-28(17-19)33(30,31)25-16-23(9-10-24(25)32-3)26(29)27-13-11-22(12-14-27)21-7-5-4-6-8-21/h4-11,16,19-20H,12-15,17-18H2,1-3H3/t19-,20-/m1/s1. The van der Waals surface area contributed by atoms with Gasteiger partial charge in [-0.05, 0) is 54.0 Å². The molecule has 0 aliphatic carbocycles. The first kappa shape index (κ1) is 23.5. The van der Waals surface area contributed by atoms with E-state index in [1.807, 2.05) is 18.2 Å². The first-order valence-corrected chi connectivity index (χ1v) is 13.0. The van der Waals surface area contributed by atoms with Crippen LogP contribution in [0.4, 0.5) is 0 Å². The minimum absolute atomic E-state index is 0.0645. The molecule has 33 heavy (non-hydrogen) atoms. The van der Waals surface area contributed by atoms with E-state index in [9.17, 15) is 13.2 Å². The third kappa shape index (κ3) is 4.99. The summed E-state index contributed by atoms with van der Waals surface area (Å²) in [6.07, 6.45) is 3.85. The average Bonchev–Trinajstić information content (AvgIpc) is 2.83. The molecule has 4 rings (SSSR count). The highest BCUT2D eigenvalue weighted by Gasteiger charge is 2.34. The van der Waals surface area contributed by atoms with Crippen LogP contribution in [0.1, 0.15) is 42.6 Å². The highest BCUT2D eigenvalue weighted by atomic mass is 32.2. The van der Waals surface area contributed by atoms with Crippen LogP contribution < -0.4 is 4.74 Å². The molecule has 0 aromatic heterocycles. The van der Waals surface area contributed by atoms with Crippen molar-refractivity contribution in [1.82, 2.24) is 9.21 Å². The molecule has 7 heteroatoms. The molecule has 0 spiro atoms. The van der Waals surface area contributed by atoms with Crippen LogP contribution in [0.2, 0.25) is 0 Å². The zero-order valence-electron chi connectivity index (χ0n) is 19.5. The Morgan fingerprint density at radius 3 is 2.33 bits per heavy atom. The molecule has 1 fully saturated rings. The fourth-order valence-electron chi connectivity index (χ4n) is 4.90. The molecule has 6 nitrogen and oxygen atoms in total. The summed E-state index contributed by atoms with van der Waals surface area (Å²) < 4.78 is 34.0. The number of carbonyl (C=O) groups excluding carboxylic acids is 1. The fraction of sp³-hybridized carbons (Fsp3) is 0.423. The Morgan fingerprint density at radius 2 is 1.73 bits per heavy atom. The van der Waals surface area contributed by atoms with Crippen molar-refractivity contribution in [1.29, 1.82) is 0 Å². The number of hydrogen-bond donors (Lipinski definition) is 0. The lowest BCUT2D eigenvalue weighted by Gasteiger charge is -2.34. The molecule has 0 saturated carbocycles. The van der Waals surface area contributed by atoms with Crippen LogP contribution >= 0.6 is 0 Å². The van der Waals surface area contributed by atoms with Gasteiger partial charge in [0.1, 0.15) is 10.6 Å². The van der Waals surface area contributed by atoms with Gasteiger partial charge in [-0.25, -0.2) is 8.42 Å². The molecule has 0 unspecified atom stereocenters. The van der Waals surface area contributed by atoms with Gasteiger partial charge < -0.3 is 9.64 Å². The molecule has 2 aliphatic heterocycles. The normalized spacial score (nSPS) is 22.0. The second kappa shape index (κ2) is 9.69. The quantitative estimate of drug-likeness (QED) is 0.657. The Balaban J connectivity index is 1.58. The van der Waals surface area contributed by atoms with E-state index in [2.05, 4.69) is 32.1 Å². The molecule has 2 atom stereocenters. The fourth-order valence-corrected chi connectivity index (χ4v) is 6.76. The largest absolute Gasteiger partial charge is 0.495 e. The van der Waals surface area contributed by atoms with Gasteiger partial charge in [-0.3, -0.25) is 4.79 Å². The zero-order chi connectivity index (χ0) is 23.6. The highest BCUT2D eigenvalue weighted by Crippen LogP contribution is 2.32. The maximum atomic E-state index is 13.5. The van der Waals surface area contributed by atoms with E-state index in [1.54, 1.807) is 17.0 Å². The van der Waals surface area contributed by atoms with Crippen molar-refractivity contribution in [3.63, 3.8) is 0 Å². The second-order valence-electron chi connectivity index (χ2n) is 9.23. The lowest BCUT2D eigenvalue weighted by molar-refractivity contribution is 0.0772. The Morgan fingerprint density at radius 1 is 1.03 bits per heavy atom. The monoisotopic (exact) mass is 468 g/mol. The number of rotatable bonds is 5. The first-order chi connectivity index (χ1) is 15.8. The van der Waals surface area contributed by atoms with Crippen molar-refractivity contribution in [2.45, 2.75) is 31.6 Å². The minimum atomic E-state index is -3.78. The summed E-state index contributed by atoms with van der Waals surface area (Å²) >= 11 is 0. The Bertz CT molecular complexity index is 1130. The maximum Gasteiger partial charge on any atom is 0.254 e. The molecular formula is C26H32N2O4S. The summed E-state index contributed by atoms with van der Waals surface area (Å²) in [6, 6.07) is 14.9. The zero-order valence-corrected chi connectivity index (χ0v) is 20.3. The number of amides is 1. The number of sulfonamides is 1. The van der Waals surface area contributed by atoms with E-state index in [-0.39, 0.29) is 16.6 Å². The molecule has 176 valence electrons.